The zero-order valence-corrected chi connectivity index (χ0v) is 11.0. The molecule has 0 saturated heterocycles. The van der Waals surface area contributed by atoms with Crippen molar-refractivity contribution in [1.82, 2.24) is 0 Å². The molecule has 0 unspecified atom stereocenters. The van der Waals surface area contributed by atoms with Gasteiger partial charge in [-0.2, -0.15) is 0 Å². The molecule has 2 nitrogen and oxygen atoms in total. The van der Waals surface area contributed by atoms with Crippen LogP contribution in [0.15, 0.2) is 42.5 Å². The summed E-state index contributed by atoms with van der Waals surface area (Å²) in [5, 5.41) is 3.96. The van der Waals surface area contributed by atoms with E-state index in [0.29, 0.717) is 17.3 Å². The Hall–Kier alpha value is -1.67. The SMILES string of the molecule is [CH2]c1ccccc1NCc1ccc(OC)c(Cl)c1. The van der Waals surface area contributed by atoms with Crippen LogP contribution in [-0.2, 0) is 6.54 Å². The molecule has 0 aliphatic rings. The number of ether oxygens (including phenoxy) is 1. The summed E-state index contributed by atoms with van der Waals surface area (Å²) in [6.07, 6.45) is 0. The predicted molar refractivity (Wildman–Crippen MR) is 76.2 cm³/mol. The Kier molecular flexibility index (Phi) is 4.11. The van der Waals surface area contributed by atoms with Gasteiger partial charge in [-0.3, -0.25) is 0 Å². The van der Waals surface area contributed by atoms with E-state index in [0.717, 1.165) is 16.8 Å². The van der Waals surface area contributed by atoms with Crippen LogP contribution in [0.4, 0.5) is 5.69 Å². The molecule has 0 spiro atoms. The molecule has 0 aromatic heterocycles. The Morgan fingerprint density at radius 2 is 2.00 bits per heavy atom. The van der Waals surface area contributed by atoms with E-state index < -0.39 is 0 Å². The van der Waals surface area contributed by atoms with E-state index in [4.69, 9.17) is 16.3 Å². The molecule has 0 aliphatic carbocycles. The van der Waals surface area contributed by atoms with E-state index in [9.17, 15) is 0 Å². The monoisotopic (exact) mass is 260 g/mol. The maximum atomic E-state index is 6.08. The summed E-state index contributed by atoms with van der Waals surface area (Å²) in [5.41, 5.74) is 3.12. The van der Waals surface area contributed by atoms with Crippen molar-refractivity contribution in [2.45, 2.75) is 6.54 Å². The van der Waals surface area contributed by atoms with Gasteiger partial charge in [0, 0.05) is 12.2 Å². The second kappa shape index (κ2) is 5.78. The molecule has 2 aromatic carbocycles. The first-order valence-corrected chi connectivity index (χ1v) is 6.06. The molecule has 18 heavy (non-hydrogen) atoms. The molecule has 93 valence electrons. The van der Waals surface area contributed by atoms with Crippen molar-refractivity contribution in [1.29, 1.82) is 0 Å². The van der Waals surface area contributed by atoms with Gasteiger partial charge in [-0.15, -0.1) is 0 Å². The van der Waals surface area contributed by atoms with Crippen LogP contribution in [0.3, 0.4) is 0 Å². The smallest absolute Gasteiger partial charge is 0.137 e. The lowest BCUT2D eigenvalue weighted by atomic mass is 10.1. The number of benzene rings is 2. The maximum absolute atomic E-state index is 6.08. The molecule has 0 heterocycles. The number of hydrogen-bond donors (Lipinski definition) is 1. The number of rotatable bonds is 4. The van der Waals surface area contributed by atoms with Gasteiger partial charge in [0.2, 0.25) is 0 Å². The molecule has 0 bridgehead atoms. The number of nitrogens with one attached hydrogen (secondary N) is 1. The van der Waals surface area contributed by atoms with Gasteiger partial charge in [0.15, 0.2) is 0 Å². The zero-order valence-electron chi connectivity index (χ0n) is 10.2. The Morgan fingerprint density at radius 3 is 2.67 bits per heavy atom. The first kappa shape index (κ1) is 12.8. The van der Waals surface area contributed by atoms with Crippen LogP contribution in [0.1, 0.15) is 11.1 Å². The molecule has 2 rings (SSSR count). The maximum Gasteiger partial charge on any atom is 0.137 e. The molecule has 2 aromatic rings. The standard InChI is InChI=1S/C15H15ClNO/c1-11-5-3-4-6-14(11)17-10-12-7-8-15(18-2)13(16)9-12/h3-9,17H,1,10H2,2H3. The van der Waals surface area contributed by atoms with E-state index in [2.05, 4.69) is 12.2 Å². The molecular weight excluding hydrogens is 246 g/mol. The van der Waals surface area contributed by atoms with Gasteiger partial charge >= 0.3 is 0 Å². The topological polar surface area (TPSA) is 21.3 Å². The molecule has 1 radical (unpaired) electrons. The molecule has 3 heteroatoms. The van der Waals surface area contributed by atoms with Gasteiger partial charge in [-0.05, 0) is 36.2 Å². The zero-order chi connectivity index (χ0) is 13.0. The van der Waals surface area contributed by atoms with Crippen molar-refractivity contribution in [2.24, 2.45) is 0 Å². The van der Waals surface area contributed by atoms with Crippen LogP contribution >= 0.6 is 11.6 Å². The van der Waals surface area contributed by atoms with Crippen LogP contribution in [0.25, 0.3) is 0 Å². The highest BCUT2D eigenvalue weighted by atomic mass is 35.5. The summed E-state index contributed by atoms with van der Waals surface area (Å²) in [4.78, 5) is 0. The molecule has 1 N–H and O–H groups in total. The summed E-state index contributed by atoms with van der Waals surface area (Å²) in [6, 6.07) is 13.7. The summed E-state index contributed by atoms with van der Waals surface area (Å²) >= 11 is 6.08. The van der Waals surface area contributed by atoms with Crippen molar-refractivity contribution in [3.05, 3.63) is 65.5 Å². The lowest BCUT2D eigenvalue weighted by molar-refractivity contribution is 0.415. The van der Waals surface area contributed by atoms with Gasteiger partial charge in [0.25, 0.3) is 0 Å². The number of para-hydroxylation sites is 1. The Balaban J connectivity index is 2.07. The minimum atomic E-state index is 0.625. The highest BCUT2D eigenvalue weighted by molar-refractivity contribution is 6.32. The van der Waals surface area contributed by atoms with E-state index >= 15 is 0 Å². The molecule has 0 atom stereocenters. The largest absolute Gasteiger partial charge is 0.495 e. The first-order chi connectivity index (χ1) is 8.70. The summed E-state index contributed by atoms with van der Waals surface area (Å²) in [7, 11) is 1.61. The molecular formula is C15H15ClNO. The average Bonchev–Trinajstić information content (AvgIpc) is 2.38. The minimum Gasteiger partial charge on any atom is -0.495 e. The fraction of sp³-hybridized carbons (Fsp3) is 0.133. The highest BCUT2D eigenvalue weighted by Crippen LogP contribution is 2.25. The third kappa shape index (κ3) is 2.96. The van der Waals surface area contributed by atoms with Crippen molar-refractivity contribution >= 4 is 17.3 Å². The first-order valence-electron chi connectivity index (χ1n) is 5.68. The van der Waals surface area contributed by atoms with E-state index in [1.165, 1.54) is 0 Å². The quantitative estimate of drug-likeness (QED) is 0.892. The van der Waals surface area contributed by atoms with Crippen LogP contribution in [0.2, 0.25) is 5.02 Å². The molecule has 0 saturated carbocycles. The summed E-state index contributed by atoms with van der Waals surface area (Å²) in [6.45, 7) is 4.67. The van der Waals surface area contributed by atoms with Crippen LogP contribution < -0.4 is 10.1 Å². The second-order valence-corrected chi connectivity index (χ2v) is 4.39. The fourth-order valence-electron chi connectivity index (χ4n) is 1.71. The lowest BCUT2D eigenvalue weighted by Gasteiger charge is -2.10. The Bertz CT molecular complexity index is 540. The second-order valence-electron chi connectivity index (χ2n) is 3.98. The van der Waals surface area contributed by atoms with Gasteiger partial charge in [-0.25, -0.2) is 0 Å². The highest BCUT2D eigenvalue weighted by Gasteiger charge is 2.02. The number of hydrogen-bond acceptors (Lipinski definition) is 2. The summed E-state index contributed by atoms with van der Waals surface area (Å²) in [5.74, 6) is 0.693. The van der Waals surface area contributed by atoms with Crippen LogP contribution in [0, 0.1) is 6.92 Å². The third-order valence-corrected chi connectivity index (χ3v) is 3.01. The van der Waals surface area contributed by atoms with E-state index in [1.54, 1.807) is 7.11 Å². The fourth-order valence-corrected chi connectivity index (χ4v) is 1.99. The van der Waals surface area contributed by atoms with Crippen molar-refractivity contribution in [3.8, 4) is 5.75 Å². The van der Waals surface area contributed by atoms with Crippen LogP contribution in [-0.4, -0.2) is 7.11 Å². The summed E-state index contributed by atoms with van der Waals surface area (Å²) < 4.78 is 5.12. The lowest BCUT2D eigenvalue weighted by Crippen LogP contribution is -2.01. The van der Waals surface area contributed by atoms with Gasteiger partial charge < -0.3 is 10.1 Å². The van der Waals surface area contributed by atoms with Gasteiger partial charge in [-0.1, -0.05) is 35.9 Å². The molecule has 0 amide bonds. The molecule has 0 aliphatic heterocycles. The van der Waals surface area contributed by atoms with Gasteiger partial charge in [0.05, 0.1) is 12.1 Å². The number of anilines is 1. The van der Waals surface area contributed by atoms with Crippen molar-refractivity contribution in [3.63, 3.8) is 0 Å². The Morgan fingerprint density at radius 1 is 1.22 bits per heavy atom. The third-order valence-electron chi connectivity index (χ3n) is 2.72. The number of methoxy groups -OCH3 is 1. The number of halogens is 1. The predicted octanol–water partition coefficient (Wildman–Crippen LogP) is 4.14. The van der Waals surface area contributed by atoms with E-state index in [1.807, 2.05) is 42.5 Å². The van der Waals surface area contributed by atoms with Crippen molar-refractivity contribution < 1.29 is 4.74 Å². The average molecular weight is 261 g/mol. The molecule has 0 fully saturated rings. The van der Waals surface area contributed by atoms with Gasteiger partial charge in [0.1, 0.15) is 5.75 Å². The van der Waals surface area contributed by atoms with Crippen molar-refractivity contribution in [2.75, 3.05) is 12.4 Å². The normalized spacial score (nSPS) is 10.2. The van der Waals surface area contributed by atoms with E-state index in [-0.39, 0.29) is 0 Å². The van der Waals surface area contributed by atoms with Crippen LogP contribution in [0.5, 0.6) is 5.75 Å². The minimum absolute atomic E-state index is 0.625. The Labute approximate surface area is 113 Å².